The van der Waals surface area contributed by atoms with E-state index < -0.39 is 35.6 Å². The molecule has 0 fully saturated rings. The number of carboxylic acids is 3. The van der Waals surface area contributed by atoms with Crippen LogP contribution in [0.15, 0.2) is 53.1 Å². The molecule has 0 aliphatic heterocycles. The summed E-state index contributed by atoms with van der Waals surface area (Å²) in [5.41, 5.74) is 0.253. The first kappa shape index (κ1) is 51.3. The number of hydrogen-bond acceptors (Lipinski definition) is 6. The monoisotopic (exact) mass is 810 g/mol. The molecule has 12 heteroatoms. The molecule has 1 aromatic rings. The van der Waals surface area contributed by atoms with Crippen molar-refractivity contribution in [2.75, 3.05) is 16.0 Å². The topological polar surface area (TPSA) is 199 Å². The summed E-state index contributed by atoms with van der Waals surface area (Å²) in [5.74, 6) is -6.39. The molecule has 0 unspecified atom stereocenters. The van der Waals surface area contributed by atoms with Crippen LogP contribution < -0.4 is 16.0 Å². The average Bonchev–Trinajstić information content (AvgIpc) is 3.16. The molecule has 0 aromatic heterocycles. The average molecular weight is 810 g/mol. The van der Waals surface area contributed by atoms with Gasteiger partial charge in [0.15, 0.2) is 0 Å². The van der Waals surface area contributed by atoms with Gasteiger partial charge in [0.2, 0.25) is 17.7 Å². The normalized spacial score (nSPS) is 12.2. The largest absolute Gasteiger partial charge is 0.478 e. The lowest BCUT2D eigenvalue weighted by Gasteiger charge is -2.18. The fourth-order valence-electron chi connectivity index (χ4n) is 6.96. The second-order valence-corrected chi connectivity index (χ2v) is 15.2. The molecule has 6 N–H and O–H groups in total. The number of benzene rings is 1. The second kappa shape index (κ2) is 30.4. The molecule has 0 aliphatic rings. The minimum atomic E-state index is -1.21. The van der Waals surface area contributed by atoms with Gasteiger partial charge in [0.25, 0.3) is 0 Å². The van der Waals surface area contributed by atoms with E-state index in [2.05, 4.69) is 29.8 Å². The van der Waals surface area contributed by atoms with Crippen LogP contribution in [0.2, 0.25) is 0 Å². The second-order valence-electron chi connectivity index (χ2n) is 15.2. The predicted octanol–water partition coefficient (Wildman–Crippen LogP) is 11.1. The molecule has 0 aliphatic carbocycles. The first-order valence-electron chi connectivity index (χ1n) is 21.7. The number of aliphatic carboxylic acids is 3. The van der Waals surface area contributed by atoms with E-state index in [-0.39, 0.29) is 52.0 Å². The highest BCUT2D eigenvalue weighted by Gasteiger charge is 2.23. The maximum Gasteiger partial charge on any atom is 0.332 e. The van der Waals surface area contributed by atoms with Gasteiger partial charge >= 0.3 is 17.9 Å². The molecule has 324 valence electrons. The fraction of sp³-hybridized carbons (Fsp3) is 0.609. The van der Waals surface area contributed by atoms with E-state index in [1.54, 1.807) is 0 Å². The van der Waals surface area contributed by atoms with Crippen LogP contribution in [0.25, 0.3) is 0 Å². The smallest absolute Gasteiger partial charge is 0.332 e. The Hall–Kier alpha value is -4.74. The Morgan fingerprint density at radius 3 is 1.10 bits per heavy atom. The first-order valence-corrected chi connectivity index (χ1v) is 21.7. The first-order chi connectivity index (χ1) is 27.8. The minimum Gasteiger partial charge on any atom is -0.478 e. The number of rotatable bonds is 32. The summed E-state index contributed by atoms with van der Waals surface area (Å²) in [4.78, 5) is 76.9. The Bertz CT molecular complexity index is 1540. The van der Waals surface area contributed by atoms with Gasteiger partial charge < -0.3 is 31.3 Å². The number of carbonyl (C=O) groups excluding carboxylic acids is 3. The molecule has 1 aromatic carbocycles. The SMILES string of the molecule is CCCCCC/C(=C/C(=O)Nc1cc(NC(=O)/C=C(\C(=O)O)C(CCCC)CCCC)cc(NC(=O)/C=C(\C(=O)O)C(CCCCCC)CCCCCC)c1)C(=O)O. The number of unbranched alkanes of at least 4 members (excludes halogenated alkanes) is 11. The highest BCUT2D eigenvalue weighted by Crippen LogP contribution is 2.29. The van der Waals surface area contributed by atoms with Gasteiger partial charge in [-0.15, -0.1) is 0 Å². The molecular weight excluding hydrogens is 739 g/mol. The van der Waals surface area contributed by atoms with Crippen molar-refractivity contribution in [1.29, 1.82) is 0 Å². The molecule has 0 heterocycles. The summed E-state index contributed by atoms with van der Waals surface area (Å²) in [6, 6.07) is 4.23. The van der Waals surface area contributed by atoms with Crippen LogP contribution in [-0.2, 0) is 28.8 Å². The zero-order valence-electron chi connectivity index (χ0n) is 35.8. The Morgan fingerprint density at radius 2 is 0.776 bits per heavy atom. The van der Waals surface area contributed by atoms with Gasteiger partial charge in [-0.2, -0.15) is 0 Å². The zero-order chi connectivity index (χ0) is 43.3. The summed E-state index contributed by atoms with van der Waals surface area (Å²) in [7, 11) is 0. The highest BCUT2D eigenvalue weighted by atomic mass is 16.4. The van der Waals surface area contributed by atoms with E-state index in [0.717, 1.165) is 115 Å². The zero-order valence-corrected chi connectivity index (χ0v) is 35.8. The summed E-state index contributed by atoms with van der Waals surface area (Å²) in [6.07, 6.45) is 20.4. The maximum absolute atomic E-state index is 13.5. The van der Waals surface area contributed by atoms with Gasteiger partial charge in [0.05, 0.1) is 0 Å². The Balaban J connectivity index is 3.63. The quantitative estimate of drug-likeness (QED) is 0.0303. The summed E-state index contributed by atoms with van der Waals surface area (Å²) < 4.78 is 0. The van der Waals surface area contributed by atoms with Crippen LogP contribution in [0, 0.1) is 11.8 Å². The lowest BCUT2D eigenvalue weighted by atomic mass is 9.87. The van der Waals surface area contributed by atoms with Gasteiger partial charge in [-0.05, 0) is 68.6 Å². The molecule has 0 atom stereocenters. The van der Waals surface area contributed by atoms with Crippen molar-refractivity contribution in [2.24, 2.45) is 11.8 Å². The molecule has 0 bridgehead atoms. The number of anilines is 3. The Kier molecular flexibility index (Phi) is 26.8. The molecule has 3 amide bonds. The van der Waals surface area contributed by atoms with E-state index in [0.29, 0.717) is 32.1 Å². The van der Waals surface area contributed by atoms with Crippen LogP contribution in [0.3, 0.4) is 0 Å². The van der Waals surface area contributed by atoms with Crippen LogP contribution in [-0.4, -0.2) is 50.9 Å². The van der Waals surface area contributed by atoms with Crippen LogP contribution in [0.5, 0.6) is 0 Å². The molecule has 12 nitrogen and oxygen atoms in total. The van der Waals surface area contributed by atoms with E-state index >= 15 is 0 Å². The number of hydrogen-bond donors (Lipinski definition) is 6. The van der Waals surface area contributed by atoms with Crippen molar-refractivity contribution in [3.63, 3.8) is 0 Å². The molecule has 58 heavy (non-hydrogen) atoms. The third-order valence-corrected chi connectivity index (χ3v) is 10.2. The third-order valence-electron chi connectivity index (χ3n) is 10.2. The van der Waals surface area contributed by atoms with E-state index in [4.69, 9.17) is 0 Å². The van der Waals surface area contributed by atoms with Crippen molar-refractivity contribution in [3.8, 4) is 0 Å². The Labute approximate surface area is 346 Å². The van der Waals surface area contributed by atoms with Crippen molar-refractivity contribution >= 4 is 52.7 Å². The van der Waals surface area contributed by atoms with Gasteiger partial charge in [0, 0.05) is 52.0 Å². The highest BCUT2D eigenvalue weighted by molar-refractivity contribution is 6.08. The fourth-order valence-corrected chi connectivity index (χ4v) is 6.96. The lowest BCUT2D eigenvalue weighted by molar-refractivity contribution is -0.134. The predicted molar refractivity (Wildman–Crippen MR) is 232 cm³/mol. The Morgan fingerprint density at radius 1 is 0.448 bits per heavy atom. The molecule has 0 saturated heterocycles. The summed E-state index contributed by atoms with van der Waals surface area (Å²) in [5, 5.41) is 38.0. The number of nitrogens with one attached hydrogen (secondary N) is 3. The van der Waals surface area contributed by atoms with Crippen molar-refractivity contribution in [3.05, 3.63) is 53.1 Å². The van der Waals surface area contributed by atoms with Crippen molar-refractivity contribution < 1.29 is 44.1 Å². The molecule has 0 spiro atoms. The van der Waals surface area contributed by atoms with Gasteiger partial charge in [-0.3, -0.25) is 14.4 Å². The number of carbonyl (C=O) groups is 6. The van der Waals surface area contributed by atoms with E-state index in [1.807, 2.05) is 20.8 Å². The number of carboxylic acid groups (broad SMARTS) is 3. The van der Waals surface area contributed by atoms with Crippen molar-refractivity contribution in [1.82, 2.24) is 0 Å². The van der Waals surface area contributed by atoms with Gasteiger partial charge in [0.1, 0.15) is 0 Å². The molecule has 1 rings (SSSR count). The van der Waals surface area contributed by atoms with E-state index in [9.17, 15) is 44.1 Å². The summed E-state index contributed by atoms with van der Waals surface area (Å²) in [6.45, 7) is 10.3. The third kappa shape index (κ3) is 21.7. The lowest BCUT2D eigenvalue weighted by Crippen LogP contribution is -2.19. The van der Waals surface area contributed by atoms with Gasteiger partial charge in [-0.1, -0.05) is 131 Å². The number of amides is 3. The standard InChI is InChI=1S/C46H71N3O9/c1-6-11-16-19-24-34(25-20-17-12-7-2)40(46(57)58)32-43(52)49-38-29-36(47-41(50)27-35(44(53)54)26-21-18-13-8-3)28-37(30-38)48-42(51)31-39(45(55)56)33(22-14-9-4)23-15-10-5/h27-34H,6-26H2,1-5H3,(H,47,50)(H,48,51)(H,49,52)(H,53,54)(H,55,56)(H,57,58)/b35-27-,39-31-,40-32-. The van der Waals surface area contributed by atoms with Crippen LogP contribution >= 0.6 is 0 Å². The molecular formula is C46H71N3O9. The molecule has 0 radical (unpaired) electrons. The maximum atomic E-state index is 13.5. The minimum absolute atomic E-state index is 0.00654. The summed E-state index contributed by atoms with van der Waals surface area (Å²) >= 11 is 0. The van der Waals surface area contributed by atoms with Crippen LogP contribution in [0.4, 0.5) is 17.1 Å². The van der Waals surface area contributed by atoms with Crippen molar-refractivity contribution in [2.45, 2.75) is 169 Å². The molecule has 0 saturated carbocycles. The van der Waals surface area contributed by atoms with Gasteiger partial charge in [-0.25, -0.2) is 14.4 Å². The van der Waals surface area contributed by atoms with E-state index in [1.165, 1.54) is 18.2 Å². The van der Waals surface area contributed by atoms with Crippen LogP contribution in [0.1, 0.15) is 169 Å².